The van der Waals surface area contributed by atoms with Crippen LogP contribution in [0.2, 0.25) is 0 Å². The van der Waals surface area contributed by atoms with E-state index in [4.69, 9.17) is 0 Å². The first-order valence-electron chi connectivity index (χ1n) is 4.25. The summed E-state index contributed by atoms with van der Waals surface area (Å²) in [6.07, 6.45) is -3.78. The van der Waals surface area contributed by atoms with E-state index in [0.29, 0.717) is 0 Å². The smallest absolute Gasteiger partial charge is 0.423 e. The van der Waals surface area contributed by atoms with E-state index in [1.165, 1.54) is 6.92 Å². The number of carbonyl (C=O) groups is 1. The Bertz CT molecular complexity index is 229. The molecule has 0 aromatic carbocycles. The highest BCUT2D eigenvalue weighted by atomic mass is 19.4. The van der Waals surface area contributed by atoms with Crippen LogP contribution >= 0.6 is 0 Å². The fourth-order valence-electron chi connectivity index (χ4n) is 0.820. The summed E-state index contributed by atoms with van der Waals surface area (Å²) in [4.78, 5) is 10.9. The maximum Gasteiger partial charge on any atom is 0.423 e. The van der Waals surface area contributed by atoms with Crippen molar-refractivity contribution in [1.82, 2.24) is 0 Å². The highest BCUT2D eigenvalue weighted by Crippen LogP contribution is 2.27. The molecule has 0 spiro atoms. The Morgan fingerprint density at radius 1 is 1.43 bits per heavy atom. The Morgan fingerprint density at radius 3 is 2.21 bits per heavy atom. The first kappa shape index (κ1) is 13.0. The molecule has 0 amide bonds. The molecule has 0 aromatic heterocycles. The van der Waals surface area contributed by atoms with Crippen molar-refractivity contribution in [2.45, 2.75) is 26.9 Å². The predicted molar refractivity (Wildman–Crippen MR) is 45.6 cm³/mol. The van der Waals surface area contributed by atoms with Crippen LogP contribution in [0.4, 0.5) is 13.2 Å². The average Bonchev–Trinajstić information content (AvgIpc) is 1.98. The van der Waals surface area contributed by atoms with Crippen LogP contribution in [0.15, 0.2) is 11.6 Å². The normalized spacial score (nSPS) is 13.2. The van der Waals surface area contributed by atoms with Crippen molar-refractivity contribution in [2.24, 2.45) is 5.92 Å². The van der Waals surface area contributed by atoms with E-state index in [9.17, 15) is 18.0 Å². The first-order valence-corrected chi connectivity index (χ1v) is 4.25. The van der Waals surface area contributed by atoms with E-state index in [2.05, 4.69) is 4.74 Å². The standard InChI is InChI=1S/C9H13F3O2/c1-4-14-8(13)7(5-6(2)3)9(10,11)12/h5-6H,4H2,1-3H3/b7-5+. The zero-order valence-corrected chi connectivity index (χ0v) is 8.31. The van der Waals surface area contributed by atoms with Gasteiger partial charge in [-0.05, 0) is 12.8 Å². The summed E-state index contributed by atoms with van der Waals surface area (Å²) in [7, 11) is 0. The molecule has 5 heteroatoms. The monoisotopic (exact) mass is 210 g/mol. The van der Waals surface area contributed by atoms with Crippen LogP contribution < -0.4 is 0 Å². The van der Waals surface area contributed by atoms with Gasteiger partial charge in [-0.3, -0.25) is 0 Å². The Morgan fingerprint density at radius 2 is 1.93 bits per heavy atom. The number of hydrogen-bond acceptors (Lipinski definition) is 2. The van der Waals surface area contributed by atoms with Crippen molar-refractivity contribution in [2.75, 3.05) is 6.61 Å². The molecule has 0 aromatic rings. The minimum Gasteiger partial charge on any atom is -0.462 e. The van der Waals surface area contributed by atoms with E-state index in [1.807, 2.05) is 0 Å². The minimum absolute atomic E-state index is 0.0651. The molecule has 0 saturated heterocycles. The van der Waals surface area contributed by atoms with Crippen molar-refractivity contribution >= 4 is 5.97 Å². The quantitative estimate of drug-likeness (QED) is 0.528. The van der Waals surface area contributed by atoms with Crippen LogP contribution in [-0.2, 0) is 9.53 Å². The molecule has 0 N–H and O–H groups in total. The lowest BCUT2D eigenvalue weighted by molar-refractivity contribution is -0.150. The third-order valence-electron chi connectivity index (χ3n) is 1.30. The number of alkyl halides is 3. The molecule has 0 radical (unpaired) electrons. The van der Waals surface area contributed by atoms with Gasteiger partial charge in [0.25, 0.3) is 0 Å². The molecule has 14 heavy (non-hydrogen) atoms. The zero-order valence-electron chi connectivity index (χ0n) is 8.31. The van der Waals surface area contributed by atoms with E-state index in [-0.39, 0.29) is 12.5 Å². The number of carbonyl (C=O) groups excluding carboxylic acids is 1. The first-order chi connectivity index (χ1) is 6.29. The summed E-state index contributed by atoms with van der Waals surface area (Å²) in [5, 5.41) is 0. The number of esters is 1. The molecule has 0 saturated carbocycles. The maximum absolute atomic E-state index is 12.3. The lowest BCUT2D eigenvalue weighted by Crippen LogP contribution is -2.22. The van der Waals surface area contributed by atoms with Gasteiger partial charge in [0, 0.05) is 0 Å². The SMILES string of the molecule is CCOC(=O)/C(=C\C(C)C)C(F)(F)F. The lowest BCUT2D eigenvalue weighted by Gasteiger charge is -2.11. The Kier molecular flexibility index (Phi) is 4.67. The maximum atomic E-state index is 12.3. The second-order valence-electron chi connectivity index (χ2n) is 3.04. The molecule has 0 aliphatic carbocycles. The Hall–Kier alpha value is -1.00. The molecule has 0 unspecified atom stereocenters. The van der Waals surface area contributed by atoms with E-state index >= 15 is 0 Å². The summed E-state index contributed by atoms with van der Waals surface area (Å²) >= 11 is 0. The van der Waals surface area contributed by atoms with Crippen LogP contribution in [0.25, 0.3) is 0 Å². The van der Waals surface area contributed by atoms with Crippen LogP contribution in [0, 0.1) is 5.92 Å². The van der Waals surface area contributed by atoms with Crippen molar-refractivity contribution in [1.29, 1.82) is 0 Å². The summed E-state index contributed by atoms with van der Waals surface area (Å²) in [6, 6.07) is 0. The molecule has 0 bridgehead atoms. The minimum atomic E-state index is -4.64. The fraction of sp³-hybridized carbons (Fsp3) is 0.667. The van der Waals surface area contributed by atoms with E-state index in [0.717, 1.165) is 6.08 Å². The predicted octanol–water partition coefficient (Wildman–Crippen LogP) is 2.69. The third kappa shape index (κ3) is 4.30. The molecule has 82 valence electrons. The van der Waals surface area contributed by atoms with Gasteiger partial charge in [-0.2, -0.15) is 13.2 Å². The largest absolute Gasteiger partial charge is 0.462 e. The summed E-state index contributed by atoms with van der Waals surface area (Å²) in [5.74, 6) is -1.66. The second kappa shape index (κ2) is 5.02. The van der Waals surface area contributed by atoms with Gasteiger partial charge < -0.3 is 4.74 Å². The summed E-state index contributed by atoms with van der Waals surface area (Å²) in [6.45, 7) is 4.52. The van der Waals surface area contributed by atoms with Crippen LogP contribution in [-0.4, -0.2) is 18.8 Å². The van der Waals surface area contributed by atoms with E-state index < -0.39 is 17.7 Å². The molecule has 0 fully saturated rings. The summed E-state index contributed by atoms with van der Waals surface area (Å²) in [5.41, 5.74) is -1.23. The van der Waals surface area contributed by atoms with Gasteiger partial charge in [-0.15, -0.1) is 0 Å². The van der Waals surface area contributed by atoms with Crippen LogP contribution in [0.1, 0.15) is 20.8 Å². The van der Waals surface area contributed by atoms with Crippen molar-refractivity contribution in [3.05, 3.63) is 11.6 Å². The van der Waals surface area contributed by atoms with Crippen molar-refractivity contribution < 1.29 is 22.7 Å². The molecule has 0 atom stereocenters. The van der Waals surface area contributed by atoms with E-state index in [1.54, 1.807) is 13.8 Å². The number of hydrogen-bond donors (Lipinski definition) is 0. The number of ether oxygens (including phenoxy) is 1. The van der Waals surface area contributed by atoms with Gasteiger partial charge in [-0.1, -0.05) is 19.9 Å². The topological polar surface area (TPSA) is 26.3 Å². The lowest BCUT2D eigenvalue weighted by atomic mass is 10.1. The van der Waals surface area contributed by atoms with Gasteiger partial charge >= 0.3 is 12.1 Å². The molecule has 2 nitrogen and oxygen atoms in total. The van der Waals surface area contributed by atoms with Gasteiger partial charge in [-0.25, -0.2) is 4.79 Å². The molecule has 0 aliphatic heterocycles. The van der Waals surface area contributed by atoms with Crippen molar-refractivity contribution in [3.8, 4) is 0 Å². The van der Waals surface area contributed by atoms with Gasteiger partial charge in [0.2, 0.25) is 0 Å². The zero-order chi connectivity index (χ0) is 11.4. The van der Waals surface area contributed by atoms with Gasteiger partial charge in [0.1, 0.15) is 5.57 Å². The number of rotatable bonds is 3. The number of allylic oxidation sites excluding steroid dienone is 1. The van der Waals surface area contributed by atoms with Gasteiger partial charge in [0.15, 0.2) is 0 Å². The summed E-state index contributed by atoms with van der Waals surface area (Å²) < 4.78 is 41.2. The third-order valence-corrected chi connectivity index (χ3v) is 1.30. The number of halogens is 3. The highest BCUT2D eigenvalue weighted by Gasteiger charge is 2.39. The second-order valence-corrected chi connectivity index (χ2v) is 3.04. The van der Waals surface area contributed by atoms with Crippen LogP contribution in [0.5, 0.6) is 0 Å². The average molecular weight is 210 g/mol. The molecule has 0 rings (SSSR count). The van der Waals surface area contributed by atoms with Gasteiger partial charge in [0.05, 0.1) is 6.61 Å². The molecular weight excluding hydrogens is 197 g/mol. The fourth-order valence-corrected chi connectivity index (χ4v) is 0.820. The molecule has 0 aliphatic rings. The van der Waals surface area contributed by atoms with Crippen LogP contribution in [0.3, 0.4) is 0 Å². The molecular formula is C9H13F3O2. The Balaban J connectivity index is 4.83. The van der Waals surface area contributed by atoms with Crippen molar-refractivity contribution in [3.63, 3.8) is 0 Å². The Labute approximate surface area is 80.7 Å². The highest BCUT2D eigenvalue weighted by molar-refractivity contribution is 5.89. The molecule has 0 heterocycles.